The summed E-state index contributed by atoms with van der Waals surface area (Å²) in [6, 6.07) is 0. The Morgan fingerprint density at radius 1 is 1.15 bits per heavy atom. The van der Waals surface area contributed by atoms with Gasteiger partial charge in [0.1, 0.15) is 0 Å². The van der Waals surface area contributed by atoms with Crippen molar-refractivity contribution in [3.8, 4) is 0 Å². The van der Waals surface area contributed by atoms with Crippen LogP contribution < -0.4 is 0 Å². The SMILES string of the molecule is C=C/C=C/C(C)(C)CC(C)(C)N1C(C)=C(C)N(C)C1C. The van der Waals surface area contributed by atoms with E-state index >= 15 is 0 Å². The summed E-state index contributed by atoms with van der Waals surface area (Å²) in [5.41, 5.74) is 3.05. The Morgan fingerprint density at radius 3 is 2.10 bits per heavy atom. The molecule has 1 unspecified atom stereocenters. The lowest BCUT2D eigenvalue weighted by Crippen LogP contribution is -2.50. The van der Waals surface area contributed by atoms with E-state index in [1.165, 1.54) is 11.4 Å². The summed E-state index contributed by atoms with van der Waals surface area (Å²) in [6.07, 6.45) is 7.70. The lowest BCUT2D eigenvalue weighted by Gasteiger charge is -2.45. The lowest BCUT2D eigenvalue weighted by molar-refractivity contribution is 0.0540. The summed E-state index contributed by atoms with van der Waals surface area (Å²) >= 11 is 0. The van der Waals surface area contributed by atoms with Gasteiger partial charge in [0.05, 0.1) is 6.17 Å². The van der Waals surface area contributed by atoms with E-state index in [0.29, 0.717) is 6.17 Å². The third-order valence-electron chi connectivity index (χ3n) is 4.57. The van der Waals surface area contributed by atoms with E-state index in [-0.39, 0.29) is 11.0 Å². The zero-order valence-electron chi connectivity index (χ0n) is 14.6. The minimum atomic E-state index is 0.116. The molecule has 20 heavy (non-hydrogen) atoms. The molecule has 0 N–H and O–H groups in total. The van der Waals surface area contributed by atoms with Crippen molar-refractivity contribution in [3.63, 3.8) is 0 Å². The first kappa shape index (κ1) is 16.9. The fourth-order valence-electron chi connectivity index (χ4n) is 3.71. The molecule has 0 aromatic rings. The van der Waals surface area contributed by atoms with Crippen molar-refractivity contribution in [2.75, 3.05) is 7.05 Å². The Bertz CT molecular complexity index is 427. The molecule has 0 saturated carbocycles. The van der Waals surface area contributed by atoms with Gasteiger partial charge in [0.2, 0.25) is 0 Å². The van der Waals surface area contributed by atoms with Crippen molar-refractivity contribution in [2.45, 2.75) is 66.6 Å². The molecule has 0 bridgehead atoms. The molecule has 1 aliphatic rings. The summed E-state index contributed by atoms with van der Waals surface area (Å²) in [6.45, 7) is 19.8. The van der Waals surface area contributed by atoms with Crippen molar-refractivity contribution in [3.05, 3.63) is 36.2 Å². The molecule has 1 heterocycles. The minimum Gasteiger partial charge on any atom is -0.357 e. The van der Waals surface area contributed by atoms with Gasteiger partial charge in [-0.1, -0.05) is 38.7 Å². The van der Waals surface area contributed by atoms with Gasteiger partial charge in [-0.2, -0.15) is 0 Å². The molecule has 2 heteroatoms. The van der Waals surface area contributed by atoms with Crippen LogP contribution in [0, 0.1) is 5.41 Å². The van der Waals surface area contributed by atoms with E-state index in [0.717, 1.165) is 6.42 Å². The Morgan fingerprint density at radius 2 is 1.70 bits per heavy atom. The third kappa shape index (κ3) is 3.28. The predicted molar refractivity (Wildman–Crippen MR) is 89.3 cm³/mol. The smallest absolute Gasteiger partial charge is 0.0984 e. The van der Waals surface area contributed by atoms with Gasteiger partial charge in [0, 0.05) is 24.0 Å². The highest BCUT2D eigenvalue weighted by Gasteiger charge is 2.40. The van der Waals surface area contributed by atoms with Crippen LogP contribution in [0.5, 0.6) is 0 Å². The number of hydrogen-bond acceptors (Lipinski definition) is 2. The van der Waals surface area contributed by atoms with Gasteiger partial charge < -0.3 is 9.80 Å². The zero-order valence-corrected chi connectivity index (χ0v) is 14.6. The van der Waals surface area contributed by atoms with Crippen LogP contribution in [0.25, 0.3) is 0 Å². The maximum Gasteiger partial charge on any atom is 0.0984 e. The van der Waals surface area contributed by atoms with Crippen LogP contribution in [0.1, 0.15) is 54.9 Å². The Hall–Kier alpha value is -1.18. The summed E-state index contributed by atoms with van der Waals surface area (Å²) in [5.74, 6) is 0. The first-order chi connectivity index (χ1) is 9.03. The fourth-order valence-corrected chi connectivity index (χ4v) is 3.71. The number of rotatable bonds is 5. The van der Waals surface area contributed by atoms with Crippen LogP contribution in [0.4, 0.5) is 0 Å². The van der Waals surface area contributed by atoms with E-state index in [2.05, 4.69) is 84.0 Å². The minimum absolute atomic E-state index is 0.116. The van der Waals surface area contributed by atoms with Gasteiger partial charge in [-0.3, -0.25) is 0 Å². The monoisotopic (exact) mass is 276 g/mol. The summed E-state index contributed by atoms with van der Waals surface area (Å²) < 4.78 is 0. The van der Waals surface area contributed by atoms with Crippen LogP contribution in [-0.2, 0) is 0 Å². The van der Waals surface area contributed by atoms with E-state index in [1.54, 1.807) is 0 Å². The maximum absolute atomic E-state index is 3.77. The molecular formula is C18H32N2. The normalized spacial score (nSPS) is 21.3. The molecule has 0 saturated heterocycles. The molecular weight excluding hydrogens is 244 g/mol. The molecule has 0 spiro atoms. The van der Waals surface area contributed by atoms with Gasteiger partial charge in [0.15, 0.2) is 0 Å². The second-order valence-electron chi connectivity index (χ2n) is 7.36. The van der Waals surface area contributed by atoms with Gasteiger partial charge in [-0.05, 0) is 46.5 Å². The number of allylic oxidation sites excluding steroid dienone is 5. The molecule has 0 aromatic heterocycles. The summed E-state index contributed by atoms with van der Waals surface area (Å²) in [7, 11) is 2.18. The van der Waals surface area contributed by atoms with E-state index in [4.69, 9.17) is 0 Å². The van der Waals surface area contributed by atoms with Crippen molar-refractivity contribution >= 4 is 0 Å². The third-order valence-corrected chi connectivity index (χ3v) is 4.57. The molecule has 0 fully saturated rings. The Kier molecular flexibility index (Phi) is 4.78. The van der Waals surface area contributed by atoms with E-state index in [9.17, 15) is 0 Å². The Balaban J connectivity index is 3.00. The fraction of sp³-hybridized carbons (Fsp3) is 0.667. The van der Waals surface area contributed by atoms with Crippen molar-refractivity contribution in [2.24, 2.45) is 5.41 Å². The standard InChI is InChI=1S/C18H32N2/c1-10-11-12-17(5,6)13-18(7,8)20-15(3)14(2)19(9)16(20)4/h10-12,16H,1,13H2,2-9H3/b12-11+. The summed E-state index contributed by atoms with van der Waals surface area (Å²) in [5, 5.41) is 0. The van der Waals surface area contributed by atoms with Crippen LogP contribution in [0.2, 0.25) is 0 Å². The second-order valence-corrected chi connectivity index (χ2v) is 7.36. The first-order valence-electron chi connectivity index (χ1n) is 7.53. The molecule has 114 valence electrons. The van der Waals surface area contributed by atoms with Crippen molar-refractivity contribution in [1.29, 1.82) is 0 Å². The molecule has 1 atom stereocenters. The quantitative estimate of drug-likeness (QED) is 0.667. The second kappa shape index (κ2) is 5.67. The van der Waals surface area contributed by atoms with Crippen LogP contribution in [0.3, 0.4) is 0 Å². The van der Waals surface area contributed by atoms with Crippen LogP contribution in [0.15, 0.2) is 36.2 Å². The predicted octanol–water partition coefficient (Wildman–Crippen LogP) is 4.77. The van der Waals surface area contributed by atoms with Crippen molar-refractivity contribution < 1.29 is 0 Å². The van der Waals surface area contributed by atoms with Gasteiger partial charge >= 0.3 is 0 Å². The Labute approximate surface area is 125 Å². The summed E-state index contributed by atoms with van der Waals surface area (Å²) in [4.78, 5) is 4.93. The molecule has 0 amide bonds. The highest BCUT2D eigenvalue weighted by atomic mass is 15.4. The van der Waals surface area contributed by atoms with Crippen LogP contribution in [-0.4, -0.2) is 28.6 Å². The number of nitrogens with zero attached hydrogens (tertiary/aromatic N) is 2. The lowest BCUT2D eigenvalue weighted by atomic mass is 9.78. The highest BCUT2D eigenvalue weighted by molar-refractivity contribution is 5.19. The average molecular weight is 276 g/mol. The molecule has 2 nitrogen and oxygen atoms in total. The largest absolute Gasteiger partial charge is 0.357 e. The van der Waals surface area contributed by atoms with E-state index < -0.39 is 0 Å². The van der Waals surface area contributed by atoms with Gasteiger partial charge in [0.25, 0.3) is 0 Å². The molecule has 1 aliphatic heterocycles. The first-order valence-corrected chi connectivity index (χ1v) is 7.53. The van der Waals surface area contributed by atoms with Crippen molar-refractivity contribution in [1.82, 2.24) is 9.80 Å². The molecule has 0 aromatic carbocycles. The molecule has 0 aliphatic carbocycles. The van der Waals surface area contributed by atoms with E-state index in [1.807, 2.05) is 6.08 Å². The van der Waals surface area contributed by atoms with Crippen LogP contribution >= 0.6 is 0 Å². The average Bonchev–Trinajstić information content (AvgIpc) is 2.50. The molecule has 0 radical (unpaired) electrons. The number of hydrogen-bond donors (Lipinski definition) is 0. The maximum atomic E-state index is 3.77. The topological polar surface area (TPSA) is 6.48 Å². The zero-order chi connectivity index (χ0) is 15.7. The highest BCUT2D eigenvalue weighted by Crippen LogP contribution is 2.40. The molecule has 1 rings (SSSR count). The van der Waals surface area contributed by atoms with Gasteiger partial charge in [-0.25, -0.2) is 0 Å². The van der Waals surface area contributed by atoms with Gasteiger partial charge in [-0.15, -0.1) is 0 Å².